The molecule has 0 spiro atoms. The fourth-order valence-corrected chi connectivity index (χ4v) is 2.65. The van der Waals surface area contributed by atoms with E-state index in [4.69, 9.17) is 0 Å². The van der Waals surface area contributed by atoms with Gasteiger partial charge >= 0.3 is 23.9 Å². The molecule has 3 rings (SSSR count). The van der Waals surface area contributed by atoms with Crippen LogP contribution in [0.3, 0.4) is 0 Å². The number of hydrogen-bond donors (Lipinski definition) is 0. The van der Waals surface area contributed by atoms with Crippen LogP contribution in [-0.2, 0) is 18.0 Å². The first-order chi connectivity index (χ1) is 12.8. The fraction of sp³-hybridized carbons (Fsp3) is 0.267. The normalized spacial score (nSPS) is 16.0. The fourth-order valence-electron chi connectivity index (χ4n) is 2.65. The maximum Gasteiger partial charge on any atom is 0.482 e. The molecule has 0 saturated carbocycles. The molecule has 0 radical (unpaired) electrons. The zero-order valence-corrected chi connectivity index (χ0v) is 14.0. The summed E-state index contributed by atoms with van der Waals surface area (Å²) in [5, 5.41) is 0. The molecule has 150 valence electrons. The standard InChI is InChI=1S/C15H9F6N3O4/c1-22-8-4-7(6(16)3-9(8)28-15(20,21)12(22)26)24-11(25)5-10(14(17,18)19)23(2)13(24)27/h3-5H,1-2H3. The van der Waals surface area contributed by atoms with Gasteiger partial charge in [0.15, 0.2) is 11.6 Å². The monoisotopic (exact) mass is 409 g/mol. The quantitative estimate of drug-likeness (QED) is 0.672. The first kappa shape index (κ1) is 19.5. The second-order valence-corrected chi connectivity index (χ2v) is 5.80. The van der Waals surface area contributed by atoms with E-state index in [0.717, 1.165) is 14.1 Å². The lowest BCUT2D eigenvalue weighted by Crippen LogP contribution is -2.49. The summed E-state index contributed by atoms with van der Waals surface area (Å²) in [4.78, 5) is 36.3. The van der Waals surface area contributed by atoms with Gasteiger partial charge in [-0.2, -0.15) is 22.0 Å². The molecular weight excluding hydrogens is 400 g/mol. The maximum atomic E-state index is 14.4. The lowest BCUT2D eigenvalue weighted by molar-refractivity contribution is -0.192. The number of aromatic nitrogens is 2. The van der Waals surface area contributed by atoms with Crippen molar-refractivity contribution < 1.29 is 35.9 Å². The number of anilines is 1. The van der Waals surface area contributed by atoms with E-state index in [1.807, 2.05) is 0 Å². The van der Waals surface area contributed by atoms with Gasteiger partial charge in [-0.05, 0) is 6.07 Å². The third-order valence-corrected chi connectivity index (χ3v) is 4.03. The van der Waals surface area contributed by atoms with Gasteiger partial charge in [0.1, 0.15) is 5.69 Å². The summed E-state index contributed by atoms with van der Waals surface area (Å²) in [5.74, 6) is -3.97. The summed E-state index contributed by atoms with van der Waals surface area (Å²) in [6.07, 6.45) is -9.29. The van der Waals surface area contributed by atoms with Crippen LogP contribution in [0, 0.1) is 5.82 Å². The number of carbonyl (C=O) groups excluding carboxylic acids is 1. The van der Waals surface area contributed by atoms with Crippen molar-refractivity contribution in [3.63, 3.8) is 0 Å². The largest absolute Gasteiger partial charge is 0.482 e. The van der Waals surface area contributed by atoms with Gasteiger partial charge in [-0.3, -0.25) is 14.2 Å². The maximum absolute atomic E-state index is 14.4. The SMILES string of the molecule is CN1C(=O)C(F)(F)Oc2cc(F)c(-n3c(=O)cc(C(F)(F)F)n(C)c3=O)cc21. The Morgan fingerprint density at radius 1 is 1.00 bits per heavy atom. The van der Waals surface area contributed by atoms with Crippen LogP contribution >= 0.6 is 0 Å². The molecule has 1 aliphatic rings. The summed E-state index contributed by atoms with van der Waals surface area (Å²) < 4.78 is 84.3. The van der Waals surface area contributed by atoms with Gasteiger partial charge in [-0.1, -0.05) is 0 Å². The second kappa shape index (κ2) is 5.87. The molecular formula is C15H9F6N3O4. The predicted octanol–water partition coefficient (Wildman–Crippen LogP) is 1.64. The van der Waals surface area contributed by atoms with Crippen molar-refractivity contribution in [3.05, 3.63) is 50.5 Å². The average Bonchev–Trinajstić information content (AvgIpc) is 2.56. The molecule has 28 heavy (non-hydrogen) atoms. The highest BCUT2D eigenvalue weighted by atomic mass is 19.4. The number of halogens is 6. The molecule has 0 N–H and O–H groups in total. The van der Waals surface area contributed by atoms with Crippen LogP contribution in [0.5, 0.6) is 5.75 Å². The number of hydrogen-bond acceptors (Lipinski definition) is 4. The minimum absolute atomic E-state index is 0.0793. The Bertz CT molecular complexity index is 1120. The zero-order chi connectivity index (χ0) is 21.2. The van der Waals surface area contributed by atoms with Crippen molar-refractivity contribution in [1.29, 1.82) is 0 Å². The van der Waals surface area contributed by atoms with E-state index in [9.17, 15) is 40.7 Å². The zero-order valence-electron chi connectivity index (χ0n) is 14.0. The first-order valence-corrected chi connectivity index (χ1v) is 7.35. The van der Waals surface area contributed by atoms with Crippen LogP contribution in [0.25, 0.3) is 5.69 Å². The molecule has 7 nitrogen and oxygen atoms in total. The van der Waals surface area contributed by atoms with E-state index in [1.165, 1.54) is 0 Å². The second-order valence-electron chi connectivity index (χ2n) is 5.80. The number of ether oxygens (including phenoxy) is 1. The molecule has 0 fully saturated rings. The van der Waals surface area contributed by atoms with Crippen molar-refractivity contribution in [2.24, 2.45) is 7.05 Å². The van der Waals surface area contributed by atoms with E-state index >= 15 is 0 Å². The summed E-state index contributed by atoms with van der Waals surface area (Å²) in [5.41, 5.74) is -5.86. The van der Waals surface area contributed by atoms with Crippen molar-refractivity contribution >= 4 is 11.6 Å². The van der Waals surface area contributed by atoms with Crippen LogP contribution < -0.4 is 20.9 Å². The Balaban J connectivity index is 2.28. The van der Waals surface area contributed by atoms with Gasteiger partial charge in [0, 0.05) is 26.2 Å². The number of fused-ring (bicyclic) bond motifs is 1. The molecule has 2 heterocycles. The van der Waals surface area contributed by atoms with Crippen molar-refractivity contribution in [2.75, 3.05) is 11.9 Å². The molecule has 0 bridgehead atoms. The molecule has 1 aromatic heterocycles. The molecule has 1 aliphatic heterocycles. The Kier molecular flexibility index (Phi) is 4.09. The molecule has 13 heteroatoms. The van der Waals surface area contributed by atoms with Gasteiger partial charge < -0.3 is 9.64 Å². The number of carbonyl (C=O) groups is 1. The lowest BCUT2D eigenvalue weighted by atomic mass is 10.2. The van der Waals surface area contributed by atoms with E-state index in [1.54, 1.807) is 0 Å². The molecule has 2 aromatic rings. The van der Waals surface area contributed by atoms with Crippen molar-refractivity contribution in [2.45, 2.75) is 12.3 Å². The number of rotatable bonds is 1. The number of amides is 1. The van der Waals surface area contributed by atoms with Crippen LogP contribution in [0.1, 0.15) is 5.69 Å². The number of benzene rings is 1. The van der Waals surface area contributed by atoms with E-state index < -0.39 is 58.1 Å². The van der Waals surface area contributed by atoms with Gasteiger partial charge in [-0.25, -0.2) is 13.8 Å². The van der Waals surface area contributed by atoms with Gasteiger partial charge in [0.05, 0.1) is 11.4 Å². The third-order valence-electron chi connectivity index (χ3n) is 4.03. The number of likely N-dealkylation sites (N-methyl/N-ethyl adjacent to an activating group) is 1. The van der Waals surface area contributed by atoms with Gasteiger partial charge in [0.25, 0.3) is 5.56 Å². The topological polar surface area (TPSA) is 73.5 Å². The molecule has 1 amide bonds. The van der Waals surface area contributed by atoms with Gasteiger partial charge in [-0.15, -0.1) is 0 Å². The highest BCUT2D eigenvalue weighted by Crippen LogP contribution is 2.40. The summed E-state index contributed by atoms with van der Waals surface area (Å²) >= 11 is 0. The van der Waals surface area contributed by atoms with E-state index in [2.05, 4.69) is 4.74 Å². The van der Waals surface area contributed by atoms with Crippen LogP contribution in [0.15, 0.2) is 27.8 Å². The average molecular weight is 409 g/mol. The smallest absolute Gasteiger partial charge is 0.423 e. The summed E-state index contributed by atoms with van der Waals surface area (Å²) in [6, 6.07) is 1.15. The van der Waals surface area contributed by atoms with Crippen LogP contribution in [0.2, 0.25) is 0 Å². The summed E-state index contributed by atoms with van der Waals surface area (Å²) in [7, 11) is 1.63. The minimum Gasteiger partial charge on any atom is -0.423 e. The minimum atomic E-state index is -5.02. The number of nitrogens with zero attached hydrogens (tertiary/aromatic N) is 3. The van der Waals surface area contributed by atoms with E-state index in [0.29, 0.717) is 17.0 Å². The number of alkyl halides is 5. The molecule has 0 aliphatic carbocycles. The molecule has 1 aromatic carbocycles. The van der Waals surface area contributed by atoms with Crippen LogP contribution in [-0.4, -0.2) is 28.2 Å². The highest BCUT2D eigenvalue weighted by Gasteiger charge is 2.49. The summed E-state index contributed by atoms with van der Waals surface area (Å²) in [6.45, 7) is 0. The lowest BCUT2D eigenvalue weighted by Gasteiger charge is -2.31. The van der Waals surface area contributed by atoms with Gasteiger partial charge in [0.2, 0.25) is 0 Å². The van der Waals surface area contributed by atoms with Crippen molar-refractivity contribution in [1.82, 2.24) is 9.13 Å². The molecule has 0 saturated heterocycles. The first-order valence-electron chi connectivity index (χ1n) is 7.35. The Labute approximate surface area is 151 Å². The third kappa shape index (κ3) is 2.82. The van der Waals surface area contributed by atoms with Crippen LogP contribution in [0.4, 0.5) is 32.0 Å². The Hall–Kier alpha value is -3.25. The highest BCUT2D eigenvalue weighted by molar-refractivity contribution is 6.00. The predicted molar refractivity (Wildman–Crippen MR) is 81.2 cm³/mol. The molecule has 0 unspecified atom stereocenters. The Morgan fingerprint density at radius 2 is 1.61 bits per heavy atom. The van der Waals surface area contributed by atoms with E-state index in [-0.39, 0.29) is 15.2 Å². The van der Waals surface area contributed by atoms with Crippen molar-refractivity contribution in [3.8, 4) is 11.4 Å². The Morgan fingerprint density at radius 3 is 2.18 bits per heavy atom. The molecule has 0 atom stereocenters.